The summed E-state index contributed by atoms with van der Waals surface area (Å²) in [5, 5.41) is 9.07. The topological polar surface area (TPSA) is 85.6 Å². The third-order valence-electron chi connectivity index (χ3n) is 3.93. The van der Waals surface area contributed by atoms with E-state index < -0.39 is 30.3 Å². The Morgan fingerprint density at radius 3 is 2.11 bits per heavy atom. The van der Waals surface area contributed by atoms with E-state index in [1.54, 1.807) is 66.7 Å². The van der Waals surface area contributed by atoms with E-state index in [-0.39, 0.29) is 6.61 Å². The van der Waals surface area contributed by atoms with Gasteiger partial charge in [-0.1, -0.05) is 36.4 Å². The average Bonchev–Trinajstić information content (AvgIpc) is 2.74. The van der Waals surface area contributed by atoms with Crippen LogP contribution in [0.5, 0.6) is 0 Å². The van der Waals surface area contributed by atoms with Crippen LogP contribution in [0.4, 0.5) is 0 Å². The van der Waals surface area contributed by atoms with Crippen LogP contribution in [0.15, 0.2) is 72.8 Å². The van der Waals surface area contributed by atoms with Gasteiger partial charge in [0.15, 0.2) is 6.10 Å². The molecular formula is C21H17NO5. The van der Waals surface area contributed by atoms with Crippen LogP contribution in [0.2, 0.25) is 0 Å². The Labute approximate surface area is 156 Å². The lowest BCUT2D eigenvalue weighted by molar-refractivity contribution is -0.0766. The number of ether oxygens (including phenoxy) is 3. The fourth-order valence-corrected chi connectivity index (χ4v) is 2.55. The van der Waals surface area contributed by atoms with Crippen LogP contribution in [0.25, 0.3) is 0 Å². The molecule has 1 aliphatic rings. The summed E-state index contributed by atoms with van der Waals surface area (Å²) in [4.78, 5) is 24.4. The molecule has 0 fully saturated rings. The first kappa shape index (κ1) is 18.4. The van der Waals surface area contributed by atoms with Gasteiger partial charge in [-0.2, -0.15) is 5.26 Å². The van der Waals surface area contributed by atoms with Gasteiger partial charge in [0.25, 0.3) is 0 Å². The van der Waals surface area contributed by atoms with Crippen molar-refractivity contribution in [2.24, 2.45) is 0 Å². The number of nitrogens with zero attached hydrogens (tertiary/aromatic N) is 1. The second kappa shape index (κ2) is 8.79. The minimum Gasteiger partial charge on any atom is -0.459 e. The maximum atomic E-state index is 12.3. The van der Waals surface area contributed by atoms with Crippen molar-refractivity contribution >= 4 is 11.9 Å². The Balaban J connectivity index is 1.66. The maximum Gasteiger partial charge on any atom is 0.338 e. The first-order chi connectivity index (χ1) is 13.2. The van der Waals surface area contributed by atoms with Gasteiger partial charge in [0.2, 0.25) is 0 Å². The van der Waals surface area contributed by atoms with Gasteiger partial charge < -0.3 is 14.2 Å². The number of esters is 2. The minimum absolute atomic E-state index is 0.150. The summed E-state index contributed by atoms with van der Waals surface area (Å²) in [7, 11) is 0. The zero-order valence-electron chi connectivity index (χ0n) is 14.4. The van der Waals surface area contributed by atoms with E-state index in [0.717, 1.165) is 0 Å². The predicted molar refractivity (Wildman–Crippen MR) is 95.8 cm³/mol. The molecule has 6 nitrogen and oxygen atoms in total. The zero-order chi connectivity index (χ0) is 19.1. The standard InChI is InChI=1S/C21H17NO5/c22-13-17-11-12-18(27-21(24)16-9-5-2-6-10-16)19(26-17)14-25-20(23)15-7-3-1-4-8-15/h1-12,17-19H,14H2/t17-,18+,19-/m1/s1. The summed E-state index contributed by atoms with van der Waals surface area (Å²) in [6, 6.07) is 19.0. The van der Waals surface area contributed by atoms with Gasteiger partial charge in [-0.15, -0.1) is 0 Å². The molecule has 27 heavy (non-hydrogen) atoms. The number of carbonyl (C=O) groups is 2. The van der Waals surface area contributed by atoms with Gasteiger partial charge in [0, 0.05) is 0 Å². The van der Waals surface area contributed by atoms with Crippen molar-refractivity contribution in [2.45, 2.75) is 18.3 Å². The molecule has 6 heteroatoms. The van der Waals surface area contributed by atoms with E-state index in [0.29, 0.717) is 11.1 Å². The predicted octanol–water partition coefficient (Wildman–Crippen LogP) is 2.92. The summed E-state index contributed by atoms with van der Waals surface area (Å²) in [6.07, 6.45) is 0.750. The zero-order valence-corrected chi connectivity index (χ0v) is 14.4. The molecule has 0 saturated heterocycles. The van der Waals surface area contributed by atoms with Crippen LogP contribution >= 0.6 is 0 Å². The van der Waals surface area contributed by atoms with Crippen molar-refractivity contribution in [1.82, 2.24) is 0 Å². The summed E-state index contributed by atoms with van der Waals surface area (Å²) >= 11 is 0. The molecule has 0 N–H and O–H groups in total. The Kier molecular flexibility index (Phi) is 5.98. The molecule has 0 unspecified atom stereocenters. The molecule has 136 valence electrons. The minimum atomic E-state index is -0.794. The van der Waals surface area contributed by atoms with Crippen molar-refractivity contribution in [3.63, 3.8) is 0 Å². The maximum absolute atomic E-state index is 12.3. The van der Waals surface area contributed by atoms with Gasteiger partial charge >= 0.3 is 11.9 Å². The fourth-order valence-electron chi connectivity index (χ4n) is 2.55. The number of hydrogen-bond donors (Lipinski definition) is 0. The largest absolute Gasteiger partial charge is 0.459 e. The molecular weight excluding hydrogens is 346 g/mol. The number of nitriles is 1. The van der Waals surface area contributed by atoms with Crippen LogP contribution in [0.3, 0.4) is 0 Å². The summed E-state index contributed by atoms with van der Waals surface area (Å²) in [6.45, 7) is -0.150. The second-order valence-electron chi connectivity index (χ2n) is 5.81. The van der Waals surface area contributed by atoms with Gasteiger partial charge in [-0.3, -0.25) is 0 Å². The molecule has 3 rings (SSSR count). The summed E-state index contributed by atoms with van der Waals surface area (Å²) in [5.41, 5.74) is 0.798. The van der Waals surface area contributed by atoms with E-state index in [1.165, 1.54) is 6.08 Å². The number of rotatable bonds is 5. The van der Waals surface area contributed by atoms with E-state index in [4.69, 9.17) is 19.5 Å². The van der Waals surface area contributed by atoms with Crippen molar-refractivity contribution in [1.29, 1.82) is 5.26 Å². The van der Waals surface area contributed by atoms with Crippen LogP contribution in [0.1, 0.15) is 20.7 Å². The van der Waals surface area contributed by atoms with E-state index >= 15 is 0 Å². The van der Waals surface area contributed by atoms with Gasteiger partial charge in [0.05, 0.1) is 17.2 Å². The van der Waals surface area contributed by atoms with Gasteiger partial charge in [0.1, 0.15) is 18.8 Å². The Hall–Kier alpha value is -3.43. The lowest BCUT2D eigenvalue weighted by atomic mass is 10.1. The van der Waals surface area contributed by atoms with Crippen molar-refractivity contribution in [3.8, 4) is 6.07 Å². The number of hydrogen-bond acceptors (Lipinski definition) is 6. The molecule has 0 amide bonds. The third-order valence-corrected chi connectivity index (χ3v) is 3.93. The fraction of sp³-hybridized carbons (Fsp3) is 0.190. The SMILES string of the molecule is N#C[C@H]1C=C[C@H](OC(=O)c2ccccc2)[C@@H](COC(=O)c2ccccc2)O1. The highest BCUT2D eigenvalue weighted by Crippen LogP contribution is 2.18. The van der Waals surface area contributed by atoms with Crippen molar-refractivity contribution < 1.29 is 23.8 Å². The summed E-state index contributed by atoms with van der Waals surface area (Å²) in [5.74, 6) is -1.04. The highest BCUT2D eigenvalue weighted by Gasteiger charge is 2.31. The smallest absolute Gasteiger partial charge is 0.338 e. The molecule has 0 spiro atoms. The quantitative estimate of drug-likeness (QED) is 0.600. The van der Waals surface area contributed by atoms with Gasteiger partial charge in [-0.05, 0) is 36.4 Å². The van der Waals surface area contributed by atoms with Crippen LogP contribution in [-0.4, -0.2) is 36.9 Å². The lowest BCUT2D eigenvalue weighted by Gasteiger charge is -2.29. The molecule has 0 radical (unpaired) electrons. The molecule has 0 bridgehead atoms. The molecule has 0 aliphatic carbocycles. The third kappa shape index (κ3) is 4.81. The molecule has 0 aromatic heterocycles. The number of benzene rings is 2. The molecule has 1 aliphatic heterocycles. The second-order valence-corrected chi connectivity index (χ2v) is 5.81. The van der Waals surface area contributed by atoms with E-state index in [1.807, 2.05) is 6.07 Å². The monoisotopic (exact) mass is 363 g/mol. The Bertz CT molecular complexity index is 857. The Morgan fingerprint density at radius 1 is 0.926 bits per heavy atom. The highest BCUT2D eigenvalue weighted by molar-refractivity contribution is 5.90. The molecule has 3 atom stereocenters. The number of carbonyl (C=O) groups excluding carboxylic acids is 2. The van der Waals surface area contributed by atoms with Gasteiger partial charge in [-0.25, -0.2) is 9.59 Å². The molecule has 1 heterocycles. The van der Waals surface area contributed by atoms with E-state index in [9.17, 15) is 9.59 Å². The normalized spacial score (nSPS) is 21.1. The van der Waals surface area contributed by atoms with Crippen molar-refractivity contribution in [2.75, 3.05) is 6.61 Å². The first-order valence-electron chi connectivity index (χ1n) is 8.39. The molecule has 2 aromatic rings. The van der Waals surface area contributed by atoms with Crippen LogP contribution < -0.4 is 0 Å². The lowest BCUT2D eigenvalue weighted by Crippen LogP contribution is -2.41. The van der Waals surface area contributed by atoms with Crippen LogP contribution in [0, 0.1) is 11.3 Å². The highest BCUT2D eigenvalue weighted by atomic mass is 16.6. The molecule has 0 saturated carbocycles. The van der Waals surface area contributed by atoms with Crippen molar-refractivity contribution in [3.05, 3.63) is 83.9 Å². The average molecular weight is 363 g/mol. The summed E-state index contributed by atoms with van der Waals surface area (Å²) < 4.78 is 16.3. The Morgan fingerprint density at radius 2 is 1.52 bits per heavy atom. The molecule has 2 aromatic carbocycles. The van der Waals surface area contributed by atoms with Crippen LogP contribution in [-0.2, 0) is 14.2 Å². The first-order valence-corrected chi connectivity index (χ1v) is 8.39. The van der Waals surface area contributed by atoms with E-state index in [2.05, 4.69) is 0 Å².